The third kappa shape index (κ3) is 3.04. The molecular formula is C18H26. The third-order valence-corrected chi connectivity index (χ3v) is 4.39. The maximum Gasteiger partial charge on any atom is -0.0133 e. The van der Waals surface area contributed by atoms with Gasteiger partial charge in [0.2, 0.25) is 0 Å². The van der Waals surface area contributed by atoms with E-state index in [0.717, 1.165) is 42.9 Å². The summed E-state index contributed by atoms with van der Waals surface area (Å²) in [7, 11) is 0. The third-order valence-electron chi connectivity index (χ3n) is 4.39. The van der Waals surface area contributed by atoms with Crippen molar-refractivity contribution in [1.82, 2.24) is 0 Å². The van der Waals surface area contributed by atoms with Crippen LogP contribution in [0.25, 0.3) is 0 Å². The molecule has 3 aliphatic rings. The van der Waals surface area contributed by atoms with E-state index in [1.54, 1.807) is 0 Å². The predicted octanol–water partition coefficient (Wildman–Crippen LogP) is 5.30. The van der Waals surface area contributed by atoms with E-state index in [1.165, 1.54) is 12.8 Å². The summed E-state index contributed by atoms with van der Waals surface area (Å²) in [5.74, 6) is 3.82. The molecule has 4 atom stereocenters. The smallest absolute Gasteiger partial charge is 0.0133 e. The zero-order chi connectivity index (χ0) is 12.8. The molecule has 1 saturated carbocycles. The molecule has 0 aromatic heterocycles. The number of unbranched alkanes of at least 4 members (excludes halogenated alkanes) is 1. The van der Waals surface area contributed by atoms with Gasteiger partial charge in [0.05, 0.1) is 0 Å². The molecule has 0 spiro atoms. The van der Waals surface area contributed by atoms with Crippen molar-refractivity contribution >= 4 is 0 Å². The van der Waals surface area contributed by atoms with E-state index < -0.39 is 0 Å². The molecule has 3 aliphatic carbocycles. The average Bonchev–Trinajstić information content (AvgIpc) is 3.06. The molecule has 1 fully saturated rings. The van der Waals surface area contributed by atoms with Crippen molar-refractivity contribution in [2.75, 3.05) is 0 Å². The average molecular weight is 242 g/mol. The van der Waals surface area contributed by atoms with Gasteiger partial charge in [-0.3, -0.25) is 0 Å². The van der Waals surface area contributed by atoms with Crippen molar-refractivity contribution in [3.63, 3.8) is 0 Å². The van der Waals surface area contributed by atoms with Gasteiger partial charge in [0.25, 0.3) is 0 Å². The van der Waals surface area contributed by atoms with Crippen LogP contribution in [0.4, 0.5) is 0 Å². The van der Waals surface area contributed by atoms with Gasteiger partial charge >= 0.3 is 0 Å². The molecule has 0 heterocycles. The first-order valence-corrected chi connectivity index (χ1v) is 7.47. The lowest BCUT2D eigenvalue weighted by Crippen LogP contribution is -2.12. The zero-order valence-corrected chi connectivity index (χ0v) is 11.6. The Labute approximate surface area is 112 Å². The molecule has 98 valence electrons. The summed E-state index contributed by atoms with van der Waals surface area (Å²) < 4.78 is 0. The Bertz CT molecular complexity index is 345. The molecule has 0 heteroatoms. The quantitative estimate of drug-likeness (QED) is 0.463. The predicted molar refractivity (Wildman–Crippen MR) is 80.3 cm³/mol. The number of hydrogen-bond acceptors (Lipinski definition) is 0. The van der Waals surface area contributed by atoms with Crippen LogP contribution >= 0.6 is 0 Å². The summed E-state index contributed by atoms with van der Waals surface area (Å²) in [6.07, 6.45) is 22.2. The topological polar surface area (TPSA) is 0 Å². The van der Waals surface area contributed by atoms with E-state index in [9.17, 15) is 0 Å². The van der Waals surface area contributed by atoms with E-state index in [4.69, 9.17) is 0 Å². The minimum Gasteiger partial charge on any atom is -0.103 e. The van der Waals surface area contributed by atoms with Gasteiger partial charge in [0, 0.05) is 0 Å². The Morgan fingerprint density at radius 2 is 1.94 bits per heavy atom. The second kappa shape index (κ2) is 6.78. The van der Waals surface area contributed by atoms with Crippen molar-refractivity contribution in [3.8, 4) is 0 Å². The minimum absolute atomic E-state index is 0.925. The first kappa shape index (κ1) is 13.4. The molecule has 0 N–H and O–H groups in total. The lowest BCUT2D eigenvalue weighted by molar-refractivity contribution is 0.398. The monoisotopic (exact) mass is 242 g/mol. The first-order valence-electron chi connectivity index (χ1n) is 7.47. The van der Waals surface area contributed by atoms with E-state index in [0.29, 0.717) is 0 Å². The van der Waals surface area contributed by atoms with Crippen molar-refractivity contribution in [1.29, 1.82) is 0 Å². The molecule has 0 aromatic carbocycles. The van der Waals surface area contributed by atoms with Gasteiger partial charge in [-0.05, 0) is 55.8 Å². The van der Waals surface area contributed by atoms with Gasteiger partial charge in [0.15, 0.2) is 0 Å². The summed E-state index contributed by atoms with van der Waals surface area (Å²) >= 11 is 0. The highest BCUT2D eigenvalue weighted by Crippen LogP contribution is 2.52. The largest absolute Gasteiger partial charge is 0.103 e. The number of allylic oxidation sites excluding steroid dienone is 7. The fourth-order valence-corrected chi connectivity index (χ4v) is 3.47. The summed E-state index contributed by atoms with van der Waals surface area (Å²) in [5, 5.41) is 0. The van der Waals surface area contributed by atoms with Gasteiger partial charge in [-0.15, -0.1) is 6.58 Å². The molecule has 0 aromatic rings. The molecule has 18 heavy (non-hydrogen) atoms. The highest BCUT2D eigenvalue weighted by molar-refractivity contribution is 5.21. The Balaban J connectivity index is 0.000000139. The first-order chi connectivity index (χ1) is 8.86. The highest BCUT2D eigenvalue weighted by Gasteiger charge is 2.44. The van der Waals surface area contributed by atoms with Crippen LogP contribution < -0.4 is 0 Å². The summed E-state index contributed by atoms with van der Waals surface area (Å²) in [5.41, 5.74) is 0. The van der Waals surface area contributed by atoms with Gasteiger partial charge in [0.1, 0.15) is 0 Å². The fraction of sp³-hybridized carbons (Fsp3) is 0.556. The van der Waals surface area contributed by atoms with Crippen molar-refractivity contribution in [2.24, 2.45) is 23.7 Å². The second-order valence-electron chi connectivity index (χ2n) is 5.60. The van der Waals surface area contributed by atoms with Crippen molar-refractivity contribution < 1.29 is 0 Å². The van der Waals surface area contributed by atoms with Crippen LogP contribution in [0.3, 0.4) is 0 Å². The maximum atomic E-state index is 3.62. The van der Waals surface area contributed by atoms with Crippen LogP contribution in [-0.2, 0) is 0 Å². The highest BCUT2D eigenvalue weighted by atomic mass is 14.5. The minimum atomic E-state index is 0.925. The van der Waals surface area contributed by atoms with Crippen LogP contribution in [-0.4, -0.2) is 0 Å². The van der Waals surface area contributed by atoms with E-state index in [2.05, 4.69) is 50.0 Å². The standard InChI is InChI=1S/C10H12.C8H14/c1-2-9-7-4-5-8(6-7)10(9)3-1;1-3-5-7-8-6-4-2/h1-2,4-5,7-10H,3,6H2;3,6,8H,1,4-5,7H2,2H3. The molecule has 0 saturated heterocycles. The van der Waals surface area contributed by atoms with E-state index in [-0.39, 0.29) is 0 Å². The number of hydrogen-bond donors (Lipinski definition) is 0. The molecule has 0 radical (unpaired) electrons. The molecule has 4 unspecified atom stereocenters. The zero-order valence-electron chi connectivity index (χ0n) is 11.6. The lowest BCUT2D eigenvalue weighted by atomic mass is 9.86. The Morgan fingerprint density at radius 1 is 1.11 bits per heavy atom. The number of rotatable bonds is 4. The van der Waals surface area contributed by atoms with Crippen molar-refractivity contribution in [3.05, 3.63) is 49.1 Å². The molecule has 0 nitrogen and oxygen atoms in total. The summed E-state index contributed by atoms with van der Waals surface area (Å²) in [6.45, 7) is 5.77. The van der Waals surface area contributed by atoms with Crippen LogP contribution in [0.2, 0.25) is 0 Å². The van der Waals surface area contributed by atoms with Gasteiger partial charge in [-0.1, -0.05) is 49.5 Å². The molecular weight excluding hydrogens is 216 g/mol. The van der Waals surface area contributed by atoms with Crippen LogP contribution in [0.15, 0.2) is 49.1 Å². The molecule has 3 rings (SSSR count). The molecule has 2 bridgehead atoms. The van der Waals surface area contributed by atoms with Crippen LogP contribution in [0, 0.1) is 23.7 Å². The summed E-state index contributed by atoms with van der Waals surface area (Å²) in [4.78, 5) is 0. The van der Waals surface area contributed by atoms with E-state index >= 15 is 0 Å². The van der Waals surface area contributed by atoms with Crippen LogP contribution in [0.1, 0.15) is 39.0 Å². The maximum absolute atomic E-state index is 3.62. The Morgan fingerprint density at radius 3 is 2.67 bits per heavy atom. The lowest BCUT2D eigenvalue weighted by Gasteiger charge is -2.18. The normalized spacial score (nSPS) is 34.7. The van der Waals surface area contributed by atoms with Crippen LogP contribution in [0.5, 0.6) is 0 Å². The van der Waals surface area contributed by atoms with E-state index in [1.807, 2.05) is 6.08 Å². The van der Waals surface area contributed by atoms with Gasteiger partial charge in [-0.25, -0.2) is 0 Å². The van der Waals surface area contributed by atoms with Crippen molar-refractivity contribution in [2.45, 2.75) is 39.0 Å². The number of fused-ring (bicyclic) bond motifs is 5. The molecule has 0 amide bonds. The van der Waals surface area contributed by atoms with Gasteiger partial charge < -0.3 is 0 Å². The fourth-order valence-electron chi connectivity index (χ4n) is 3.47. The summed E-state index contributed by atoms with van der Waals surface area (Å²) in [6, 6.07) is 0. The molecule has 0 aliphatic heterocycles. The Hall–Kier alpha value is -1.04. The second-order valence-corrected chi connectivity index (χ2v) is 5.60. The van der Waals surface area contributed by atoms with Gasteiger partial charge in [-0.2, -0.15) is 0 Å². The Kier molecular flexibility index (Phi) is 5.04. The SMILES string of the molecule is C1=CC2C3C=CC(C3)C2C1.C=CCCC=CCC.